The Morgan fingerprint density at radius 2 is 1.95 bits per heavy atom. The molecule has 0 spiro atoms. The number of unbranched alkanes of at least 4 members (excludes halogenated alkanes) is 1. The fourth-order valence-corrected chi connectivity index (χ4v) is 3.03. The van der Waals surface area contributed by atoms with Gasteiger partial charge in [-0.25, -0.2) is 4.79 Å². The maximum atomic E-state index is 11.5. The highest BCUT2D eigenvalue weighted by molar-refractivity contribution is 8.11. The number of hydrogen-bond donors (Lipinski definition) is 2. The van der Waals surface area contributed by atoms with Gasteiger partial charge in [0.1, 0.15) is 13.2 Å². The quantitative estimate of drug-likeness (QED) is 0.374. The molecule has 0 aromatic rings. The first-order valence-corrected chi connectivity index (χ1v) is 10.3. The standard InChI is InChI=1S/C12H25N2O5P3/c1-9(15)8-18-6-7-19-12(17)13-5-3-2-4-10(14-20)11(16)22-21/h10,14,22H,2-8,20-21H2,1H3,(H,13,17)/t10-/m0/s1. The molecule has 0 rings (SSSR count). The van der Waals surface area contributed by atoms with Crippen LogP contribution in [0.4, 0.5) is 4.79 Å². The number of ether oxygens (including phenoxy) is 2. The van der Waals surface area contributed by atoms with Gasteiger partial charge in [0.15, 0.2) is 11.3 Å². The van der Waals surface area contributed by atoms with Gasteiger partial charge in [0, 0.05) is 6.54 Å². The van der Waals surface area contributed by atoms with Gasteiger partial charge in [-0.05, 0) is 34.5 Å². The first kappa shape index (κ1) is 21.8. The van der Waals surface area contributed by atoms with Crippen molar-refractivity contribution in [3.8, 4) is 0 Å². The van der Waals surface area contributed by atoms with Crippen LogP contribution in [0.15, 0.2) is 0 Å². The lowest BCUT2D eigenvalue weighted by Gasteiger charge is -2.13. The molecule has 0 aliphatic carbocycles. The topological polar surface area (TPSA) is 93.7 Å². The van der Waals surface area contributed by atoms with Crippen LogP contribution in [-0.2, 0) is 19.1 Å². The monoisotopic (exact) mass is 370 g/mol. The molecule has 1 amide bonds. The van der Waals surface area contributed by atoms with E-state index in [0.29, 0.717) is 6.54 Å². The Morgan fingerprint density at radius 3 is 2.55 bits per heavy atom. The van der Waals surface area contributed by atoms with E-state index in [1.54, 1.807) is 0 Å². The Bertz CT molecular complexity index is 358. The molecule has 7 nitrogen and oxygen atoms in total. The first-order valence-electron chi connectivity index (χ1n) is 6.95. The van der Waals surface area contributed by atoms with E-state index in [9.17, 15) is 14.4 Å². The SMILES string of the molecule is CC(=O)COCCOC(=O)NCCCC[C@H](NP)C(=O)PP. The minimum Gasteiger partial charge on any atom is -0.447 e. The molecule has 0 aliphatic heterocycles. The maximum absolute atomic E-state index is 11.5. The smallest absolute Gasteiger partial charge is 0.407 e. The van der Waals surface area contributed by atoms with Gasteiger partial charge in [0.2, 0.25) is 0 Å². The molecular formula is C12H25N2O5P3. The third-order valence-electron chi connectivity index (χ3n) is 2.61. The number of amides is 1. The third kappa shape index (κ3) is 12.4. The van der Waals surface area contributed by atoms with E-state index in [-0.39, 0.29) is 45.4 Å². The third-order valence-corrected chi connectivity index (χ3v) is 4.50. The number of nitrogens with one attached hydrogen (secondary N) is 2. The molecule has 0 radical (unpaired) electrons. The summed E-state index contributed by atoms with van der Waals surface area (Å²) in [5, 5.41) is 5.53. The number of carbonyl (C=O) groups is 3. The Morgan fingerprint density at radius 1 is 1.23 bits per heavy atom. The number of alkyl carbamates (subject to hydrolysis) is 1. The van der Waals surface area contributed by atoms with E-state index in [1.807, 2.05) is 0 Å². The average Bonchev–Trinajstić information content (AvgIpc) is 2.49. The minimum absolute atomic E-state index is 0.0332. The lowest BCUT2D eigenvalue weighted by atomic mass is 10.1. The van der Waals surface area contributed by atoms with Crippen LogP contribution < -0.4 is 10.4 Å². The summed E-state index contributed by atoms with van der Waals surface area (Å²) in [7, 11) is 5.01. The molecule has 10 heteroatoms. The largest absolute Gasteiger partial charge is 0.447 e. The lowest BCUT2D eigenvalue weighted by molar-refractivity contribution is -0.121. The average molecular weight is 370 g/mol. The van der Waals surface area contributed by atoms with Crippen molar-refractivity contribution in [2.75, 3.05) is 26.4 Å². The molecule has 0 saturated heterocycles. The predicted molar refractivity (Wildman–Crippen MR) is 94.4 cm³/mol. The molecule has 0 aromatic heterocycles. The molecule has 0 aromatic carbocycles. The molecule has 2 N–H and O–H groups in total. The van der Waals surface area contributed by atoms with Crippen molar-refractivity contribution in [1.29, 1.82) is 0 Å². The predicted octanol–water partition coefficient (Wildman–Crippen LogP) is 1.23. The van der Waals surface area contributed by atoms with Gasteiger partial charge in [-0.2, -0.15) is 0 Å². The summed E-state index contributed by atoms with van der Waals surface area (Å²) in [6, 6.07) is -0.147. The van der Waals surface area contributed by atoms with Crippen LogP contribution in [0.3, 0.4) is 0 Å². The van der Waals surface area contributed by atoms with E-state index in [2.05, 4.69) is 28.7 Å². The van der Waals surface area contributed by atoms with E-state index < -0.39 is 6.09 Å². The molecule has 0 fully saturated rings. The van der Waals surface area contributed by atoms with Crippen LogP contribution in [0.2, 0.25) is 0 Å². The number of Topliss-reactive ketones (excluding diaryl/α,β-unsaturated/α-hetero) is 1. The summed E-state index contributed by atoms with van der Waals surface area (Å²) in [5.41, 5.74) is 0.179. The van der Waals surface area contributed by atoms with Crippen molar-refractivity contribution in [3.05, 3.63) is 0 Å². The van der Waals surface area contributed by atoms with Gasteiger partial charge in [0.25, 0.3) is 0 Å². The summed E-state index contributed by atoms with van der Waals surface area (Å²) in [5.74, 6) is -0.0663. The fraction of sp³-hybridized carbons (Fsp3) is 0.750. The van der Waals surface area contributed by atoms with Crippen molar-refractivity contribution in [2.45, 2.75) is 32.2 Å². The summed E-state index contributed by atoms with van der Waals surface area (Å²) >= 11 is 0. The van der Waals surface area contributed by atoms with Crippen LogP contribution in [-0.4, -0.2) is 49.8 Å². The van der Waals surface area contributed by atoms with Crippen molar-refractivity contribution >= 4 is 44.0 Å². The zero-order chi connectivity index (χ0) is 16.8. The van der Waals surface area contributed by atoms with Crippen LogP contribution in [0, 0.1) is 0 Å². The van der Waals surface area contributed by atoms with E-state index >= 15 is 0 Å². The van der Waals surface area contributed by atoms with Gasteiger partial charge >= 0.3 is 6.09 Å². The van der Waals surface area contributed by atoms with Crippen molar-refractivity contribution in [2.24, 2.45) is 0 Å². The maximum Gasteiger partial charge on any atom is 0.407 e. The fourth-order valence-electron chi connectivity index (χ4n) is 1.51. The van der Waals surface area contributed by atoms with Gasteiger partial charge in [-0.15, -0.1) is 8.93 Å². The normalized spacial score (nSPS) is 12.3. The zero-order valence-electron chi connectivity index (χ0n) is 12.7. The Hall–Kier alpha value is -0.180. The van der Waals surface area contributed by atoms with Crippen molar-refractivity contribution in [1.82, 2.24) is 10.4 Å². The first-order chi connectivity index (χ1) is 10.5. The molecule has 0 saturated carbocycles. The summed E-state index contributed by atoms with van der Waals surface area (Å²) < 4.78 is 9.83. The lowest BCUT2D eigenvalue weighted by Crippen LogP contribution is -2.29. The number of ketones is 1. The second kappa shape index (κ2) is 14.4. The number of hydrogen-bond acceptors (Lipinski definition) is 6. The molecule has 3 unspecified atom stereocenters. The molecule has 0 heterocycles. The van der Waals surface area contributed by atoms with Crippen LogP contribution in [0.1, 0.15) is 26.2 Å². The number of rotatable bonds is 13. The highest BCUT2D eigenvalue weighted by Crippen LogP contribution is 2.24. The molecule has 22 heavy (non-hydrogen) atoms. The van der Waals surface area contributed by atoms with Crippen molar-refractivity contribution in [3.63, 3.8) is 0 Å². The zero-order valence-corrected chi connectivity index (χ0v) is 16.0. The van der Waals surface area contributed by atoms with Gasteiger partial charge in [0.05, 0.1) is 12.6 Å². The van der Waals surface area contributed by atoms with E-state index in [4.69, 9.17) is 9.47 Å². The Kier molecular flexibility index (Phi) is 14.3. The van der Waals surface area contributed by atoms with Crippen LogP contribution in [0.25, 0.3) is 0 Å². The summed E-state index contributed by atoms with van der Waals surface area (Å²) in [6.07, 6.45) is 1.83. The molecule has 0 aliphatic rings. The Balaban J connectivity index is 3.52. The summed E-state index contributed by atoms with van der Waals surface area (Å²) in [6.45, 7) is 2.27. The van der Waals surface area contributed by atoms with Gasteiger partial charge < -0.3 is 14.8 Å². The Labute approximate surface area is 137 Å². The van der Waals surface area contributed by atoms with Crippen LogP contribution in [0.5, 0.6) is 0 Å². The van der Waals surface area contributed by atoms with Gasteiger partial charge in [-0.1, -0.05) is 9.39 Å². The molecule has 0 bridgehead atoms. The second-order valence-electron chi connectivity index (χ2n) is 4.54. The van der Waals surface area contributed by atoms with E-state index in [0.717, 1.165) is 19.3 Å². The van der Waals surface area contributed by atoms with E-state index in [1.165, 1.54) is 6.92 Å². The van der Waals surface area contributed by atoms with Gasteiger partial charge in [-0.3, -0.25) is 14.7 Å². The second-order valence-corrected chi connectivity index (χ2v) is 6.52. The van der Waals surface area contributed by atoms with Crippen LogP contribution >= 0.6 is 26.6 Å². The molecule has 4 atom stereocenters. The molecule has 128 valence electrons. The number of carbonyl (C=O) groups excluding carboxylic acids is 3. The summed E-state index contributed by atoms with van der Waals surface area (Å²) in [4.78, 5) is 33.4. The molecular weight excluding hydrogens is 345 g/mol. The highest BCUT2D eigenvalue weighted by Gasteiger charge is 2.13. The highest BCUT2D eigenvalue weighted by atomic mass is 32.0. The van der Waals surface area contributed by atoms with Crippen molar-refractivity contribution < 1.29 is 23.9 Å². The minimum atomic E-state index is -0.505.